The molecule has 0 saturated carbocycles. The molecule has 5 heteroatoms. The van der Waals surface area contributed by atoms with E-state index in [0.717, 1.165) is 49.4 Å². The first-order valence-electron chi connectivity index (χ1n) is 9.97. The summed E-state index contributed by atoms with van der Waals surface area (Å²) in [7, 11) is 0. The number of carbonyl (C=O) groups is 1. The van der Waals surface area contributed by atoms with E-state index < -0.39 is 0 Å². The maximum Gasteiger partial charge on any atom is 0.224 e. The van der Waals surface area contributed by atoms with E-state index in [-0.39, 0.29) is 23.7 Å². The summed E-state index contributed by atoms with van der Waals surface area (Å²) in [6.07, 6.45) is 1.89. The van der Waals surface area contributed by atoms with Crippen LogP contribution in [0, 0.1) is 18.7 Å². The lowest BCUT2D eigenvalue weighted by molar-refractivity contribution is -0.127. The van der Waals surface area contributed by atoms with Gasteiger partial charge in [-0.05, 0) is 62.6 Å². The van der Waals surface area contributed by atoms with Crippen molar-refractivity contribution in [3.8, 4) is 5.75 Å². The van der Waals surface area contributed by atoms with E-state index in [9.17, 15) is 9.18 Å². The summed E-state index contributed by atoms with van der Waals surface area (Å²) < 4.78 is 18.9. The van der Waals surface area contributed by atoms with Crippen molar-refractivity contribution in [1.82, 2.24) is 10.2 Å². The van der Waals surface area contributed by atoms with Crippen LogP contribution in [0.15, 0.2) is 48.5 Å². The lowest BCUT2D eigenvalue weighted by atomic mass is 9.96. The van der Waals surface area contributed by atoms with Crippen molar-refractivity contribution in [3.05, 3.63) is 65.5 Å². The van der Waals surface area contributed by atoms with E-state index in [1.54, 1.807) is 0 Å². The summed E-state index contributed by atoms with van der Waals surface area (Å²) in [5, 5.41) is 3.09. The predicted octanol–water partition coefficient (Wildman–Crippen LogP) is 3.93. The molecule has 4 nitrogen and oxygen atoms in total. The first kappa shape index (κ1) is 20.3. The Kier molecular flexibility index (Phi) is 7.04. The first-order valence-corrected chi connectivity index (χ1v) is 9.97. The summed E-state index contributed by atoms with van der Waals surface area (Å²) in [4.78, 5) is 15.0. The molecule has 1 N–H and O–H groups in total. The van der Waals surface area contributed by atoms with Gasteiger partial charge in [0.15, 0.2) is 0 Å². The Labute approximate surface area is 166 Å². The van der Waals surface area contributed by atoms with E-state index in [2.05, 4.69) is 10.2 Å². The number of para-hydroxylation sites is 1. The van der Waals surface area contributed by atoms with Gasteiger partial charge < -0.3 is 10.1 Å². The number of hydrogen-bond acceptors (Lipinski definition) is 3. The van der Waals surface area contributed by atoms with Gasteiger partial charge in [-0.15, -0.1) is 0 Å². The lowest BCUT2D eigenvalue weighted by Crippen LogP contribution is -2.46. The highest BCUT2D eigenvalue weighted by molar-refractivity contribution is 5.79. The van der Waals surface area contributed by atoms with Crippen molar-refractivity contribution >= 4 is 5.91 Å². The van der Waals surface area contributed by atoms with Gasteiger partial charge in [0.25, 0.3) is 0 Å². The van der Waals surface area contributed by atoms with Crippen LogP contribution in [0.2, 0.25) is 0 Å². The summed E-state index contributed by atoms with van der Waals surface area (Å²) >= 11 is 0. The molecule has 0 radical (unpaired) electrons. The van der Waals surface area contributed by atoms with Crippen LogP contribution in [-0.4, -0.2) is 36.5 Å². The van der Waals surface area contributed by atoms with Gasteiger partial charge in [0.05, 0.1) is 12.0 Å². The smallest absolute Gasteiger partial charge is 0.224 e. The number of nitrogens with one attached hydrogen (secondary N) is 1. The van der Waals surface area contributed by atoms with Gasteiger partial charge in [-0.2, -0.15) is 0 Å². The molecule has 1 aliphatic heterocycles. The molecule has 1 heterocycles. The minimum atomic E-state index is -0.221. The number of ether oxygens (including phenoxy) is 1. The Balaban J connectivity index is 1.46. The molecule has 2 aromatic carbocycles. The predicted molar refractivity (Wildman–Crippen MR) is 109 cm³/mol. The molecule has 2 aromatic rings. The van der Waals surface area contributed by atoms with E-state index in [1.165, 1.54) is 12.1 Å². The quantitative estimate of drug-likeness (QED) is 0.786. The Hall–Kier alpha value is -2.40. The molecule has 1 saturated heterocycles. The maximum absolute atomic E-state index is 13.1. The molecule has 3 rings (SSSR count). The first-order chi connectivity index (χ1) is 13.5. The zero-order chi connectivity index (χ0) is 19.9. The number of piperidine rings is 1. The standard InChI is InChI=1S/C23H29FN2O2/c1-17-6-3-4-8-22(17)28-16-18(2)25-23(27)20-7-5-13-26(15-20)14-19-9-11-21(24)12-10-19/h3-4,6,8-12,18,20H,5,7,13-16H2,1-2H3,(H,25,27)/t18-,20+/m0/s1. The summed E-state index contributed by atoms with van der Waals surface area (Å²) in [6, 6.07) is 14.4. The molecule has 0 spiro atoms. The zero-order valence-electron chi connectivity index (χ0n) is 16.7. The van der Waals surface area contributed by atoms with Crippen molar-refractivity contribution in [2.24, 2.45) is 5.92 Å². The number of likely N-dealkylation sites (tertiary alicyclic amines) is 1. The van der Waals surface area contributed by atoms with Crippen LogP contribution in [0.4, 0.5) is 4.39 Å². The fourth-order valence-corrected chi connectivity index (χ4v) is 3.60. The molecule has 1 fully saturated rings. The lowest BCUT2D eigenvalue weighted by Gasteiger charge is -2.32. The van der Waals surface area contributed by atoms with Crippen molar-refractivity contribution in [2.45, 2.75) is 39.3 Å². The SMILES string of the molecule is Cc1ccccc1OC[C@H](C)NC(=O)[C@@H]1CCCN(Cc2ccc(F)cc2)C1. The van der Waals surface area contributed by atoms with Crippen molar-refractivity contribution < 1.29 is 13.9 Å². The van der Waals surface area contributed by atoms with E-state index in [0.29, 0.717) is 6.61 Å². The van der Waals surface area contributed by atoms with Crippen LogP contribution in [0.3, 0.4) is 0 Å². The summed E-state index contributed by atoms with van der Waals surface area (Å²) in [5.41, 5.74) is 2.16. The molecule has 0 unspecified atom stereocenters. The molecule has 28 heavy (non-hydrogen) atoms. The van der Waals surface area contributed by atoms with Crippen molar-refractivity contribution in [1.29, 1.82) is 0 Å². The number of aryl methyl sites for hydroxylation is 1. The van der Waals surface area contributed by atoms with Crippen LogP contribution in [0.25, 0.3) is 0 Å². The monoisotopic (exact) mass is 384 g/mol. The molecule has 1 amide bonds. The highest BCUT2D eigenvalue weighted by atomic mass is 19.1. The second-order valence-electron chi connectivity index (χ2n) is 7.69. The number of rotatable bonds is 7. The van der Waals surface area contributed by atoms with Crippen LogP contribution >= 0.6 is 0 Å². The third kappa shape index (κ3) is 5.80. The zero-order valence-corrected chi connectivity index (χ0v) is 16.7. The Morgan fingerprint density at radius 3 is 2.75 bits per heavy atom. The number of benzene rings is 2. The van der Waals surface area contributed by atoms with Crippen LogP contribution in [0.5, 0.6) is 5.75 Å². The van der Waals surface area contributed by atoms with Gasteiger partial charge in [-0.1, -0.05) is 30.3 Å². The average molecular weight is 384 g/mol. The molecule has 150 valence electrons. The summed E-state index contributed by atoms with van der Waals surface area (Å²) in [6.45, 7) is 6.87. The molecule has 1 aliphatic rings. The fourth-order valence-electron chi connectivity index (χ4n) is 3.60. The van der Waals surface area contributed by atoms with Gasteiger partial charge in [0.1, 0.15) is 18.2 Å². The van der Waals surface area contributed by atoms with Crippen molar-refractivity contribution in [3.63, 3.8) is 0 Å². The number of hydrogen-bond donors (Lipinski definition) is 1. The third-order valence-electron chi connectivity index (χ3n) is 5.17. The molecule has 2 atom stereocenters. The Morgan fingerprint density at radius 2 is 2.00 bits per heavy atom. The van der Waals surface area contributed by atoms with Crippen LogP contribution in [-0.2, 0) is 11.3 Å². The normalized spacial score (nSPS) is 18.5. The second kappa shape index (κ2) is 9.69. The van der Waals surface area contributed by atoms with Gasteiger partial charge in [0.2, 0.25) is 5.91 Å². The Morgan fingerprint density at radius 1 is 1.25 bits per heavy atom. The van der Waals surface area contributed by atoms with Crippen LogP contribution < -0.4 is 10.1 Å². The average Bonchev–Trinajstić information content (AvgIpc) is 2.69. The minimum Gasteiger partial charge on any atom is -0.491 e. The van der Waals surface area contributed by atoms with Crippen LogP contribution in [0.1, 0.15) is 30.9 Å². The minimum absolute atomic E-state index is 0.0184. The number of halogens is 1. The molecule has 0 bridgehead atoms. The number of carbonyl (C=O) groups excluding carboxylic acids is 1. The fraction of sp³-hybridized carbons (Fsp3) is 0.435. The Bertz CT molecular complexity index is 778. The third-order valence-corrected chi connectivity index (χ3v) is 5.17. The molecular formula is C23H29FN2O2. The topological polar surface area (TPSA) is 41.6 Å². The molecular weight excluding hydrogens is 355 g/mol. The van der Waals surface area contributed by atoms with Gasteiger partial charge in [-0.3, -0.25) is 9.69 Å². The van der Waals surface area contributed by atoms with Gasteiger partial charge in [0, 0.05) is 13.1 Å². The number of amides is 1. The molecule has 0 aliphatic carbocycles. The van der Waals surface area contributed by atoms with E-state index in [4.69, 9.17) is 4.74 Å². The van der Waals surface area contributed by atoms with Crippen molar-refractivity contribution in [2.75, 3.05) is 19.7 Å². The molecule has 0 aromatic heterocycles. The van der Waals surface area contributed by atoms with E-state index >= 15 is 0 Å². The van der Waals surface area contributed by atoms with Gasteiger partial charge in [-0.25, -0.2) is 4.39 Å². The maximum atomic E-state index is 13.1. The number of nitrogens with zero attached hydrogens (tertiary/aromatic N) is 1. The van der Waals surface area contributed by atoms with E-state index in [1.807, 2.05) is 50.2 Å². The van der Waals surface area contributed by atoms with Gasteiger partial charge >= 0.3 is 0 Å². The second-order valence-corrected chi connectivity index (χ2v) is 7.69. The highest BCUT2D eigenvalue weighted by Crippen LogP contribution is 2.20. The summed E-state index contributed by atoms with van der Waals surface area (Å²) in [5.74, 6) is 0.702. The largest absolute Gasteiger partial charge is 0.491 e. The highest BCUT2D eigenvalue weighted by Gasteiger charge is 2.26.